The van der Waals surface area contributed by atoms with Crippen LogP contribution in [-0.4, -0.2) is 10.9 Å². The molecule has 3 N–H and O–H groups in total. The number of carbonyl (C=O) groups is 1. The van der Waals surface area contributed by atoms with Gasteiger partial charge >= 0.3 is 0 Å². The van der Waals surface area contributed by atoms with E-state index >= 15 is 0 Å². The van der Waals surface area contributed by atoms with Gasteiger partial charge in [0.15, 0.2) is 0 Å². The fourth-order valence-electron chi connectivity index (χ4n) is 1.33. The first-order valence-electron chi connectivity index (χ1n) is 5.01. The van der Waals surface area contributed by atoms with E-state index in [9.17, 15) is 4.79 Å². The lowest BCUT2D eigenvalue weighted by Crippen LogP contribution is -2.32. The Morgan fingerprint density at radius 1 is 1.65 bits per heavy atom. The van der Waals surface area contributed by atoms with Crippen LogP contribution >= 0.6 is 46.4 Å². The van der Waals surface area contributed by atoms with Crippen molar-refractivity contribution in [1.29, 1.82) is 0 Å². The second-order valence-electron chi connectivity index (χ2n) is 3.48. The van der Waals surface area contributed by atoms with E-state index in [1.165, 1.54) is 0 Å². The Hall–Kier alpha value is -0.400. The van der Waals surface area contributed by atoms with Gasteiger partial charge in [0.1, 0.15) is 0 Å². The Morgan fingerprint density at radius 2 is 2.29 bits per heavy atom. The maximum Gasteiger partial charge on any atom is 0.234 e. The summed E-state index contributed by atoms with van der Waals surface area (Å²) in [6.07, 6.45) is 0.573. The van der Waals surface area contributed by atoms with Crippen molar-refractivity contribution in [2.75, 3.05) is 5.32 Å². The molecule has 0 aromatic heterocycles. The molecule has 0 bridgehead atoms. The van der Waals surface area contributed by atoms with Crippen LogP contribution < -0.4 is 11.1 Å². The third-order valence-electron chi connectivity index (χ3n) is 2.26. The maximum atomic E-state index is 11.9. The smallest absolute Gasteiger partial charge is 0.234 e. The minimum absolute atomic E-state index is 0.201. The molecule has 0 saturated carbocycles. The molecular formula is C11H12ClIN2OS. The second-order valence-corrected chi connectivity index (χ2v) is 5.60. The highest BCUT2D eigenvalue weighted by atomic mass is 127. The summed E-state index contributed by atoms with van der Waals surface area (Å²) in [7, 11) is 0. The first kappa shape index (κ1) is 14.7. The molecule has 0 radical (unpaired) electrons. The van der Waals surface area contributed by atoms with Gasteiger partial charge in [-0.3, -0.25) is 4.79 Å². The Morgan fingerprint density at radius 3 is 2.76 bits per heavy atom. The molecule has 0 aliphatic heterocycles. The SMILES string of the molecule is CCC(C(=O)Nc1ccc(I)cc1Cl)C(N)=S. The van der Waals surface area contributed by atoms with Crippen LogP contribution in [0.4, 0.5) is 5.69 Å². The van der Waals surface area contributed by atoms with Gasteiger partial charge in [0.25, 0.3) is 0 Å². The highest BCUT2D eigenvalue weighted by Crippen LogP contribution is 2.24. The standard InChI is InChI=1S/C11H12ClIN2OS/c1-2-7(10(14)17)11(16)15-9-4-3-6(13)5-8(9)12/h3-5,7H,2H2,1H3,(H2,14,17)(H,15,16). The number of hydrogen-bond acceptors (Lipinski definition) is 2. The number of halogens is 2. The van der Waals surface area contributed by atoms with Crippen molar-refractivity contribution >= 4 is 63.0 Å². The molecule has 0 fully saturated rings. The van der Waals surface area contributed by atoms with E-state index in [1.807, 2.05) is 13.0 Å². The molecule has 1 rings (SSSR count). The van der Waals surface area contributed by atoms with E-state index in [0.717, 1.165) is 3.57 Å². The quantitative estimate of drug-likeness (QED) is 0.621. The van der Waals surface area contributed by atoms with Crippen molar-refractivity contribution in [3.8, 4) is 0 Å². The maximum absolute atomic E-state index is 11.9. The van der Waals surface area contributed by atoms with E-state index in [-0.39, 0.29) is 10.9 Å². The van der Waals surface area contributed by atoms with Gasteiger partial charge in [-0.25, -0.2) is 0 Å². The van der Waals surface area contributed by atoms with E-state index < -0.39 is 5.92 Å². The van der Waals surface area contributed by atoms with Crippen LogP contribution in [0.25, 0.3) is 0 Å². The molecule has 6 heteroatoms. The van der Waals surface area contributed by atoms with Gasteiger partial charge in [-0.05, 0) is 47.2 Å². The van der Waals surface area contributed by atoms with Crippen molar-refractivity contribution in [2.24, 2.45) is 11.7 Å². The Labute approximate surface area is 124 Å². The number of thiocarbonyl (C=S) groups is 1. The summed E-state index contributed by atoms with van der Waals surface area (Å²) in [5.74, 6) is -0.677. The van der Waals surface area contributed by atoms with Crippen LogP contribution in [-0.2, 0) is 4.79 Å². The van der Waals surface area contributed by atoms with Crippen LogP contribution in [0, 0.1) is 9.49 Å². The van der Waals surface area contributed by atoms with Crippen LogP contribution in [0.15, 0.2) is 18.2 Å². The molecule has 1 aromatic rings. The van der Waals surface area contributed by atoms with Crippen LogP contribution in [0.3, 0.4) is 0 Å². The average molecular weight is 383 g/mol. The highest BCUT2D eigenvalue weighted by molar-refractivity contribution is 14.1. The van der Waals surface area contributed by atoms with Crippen LogP contribution in [0.1, 0.15) is 13.3 Å². The van der Waals surface area contributed by atoms with E-state index in [4.69, 9.17) is 29.6 Å². The van der Waals surface area contributed by atoms with Gasteiger partial charge in [-0.1, -0.05) is 30.7 Å². The lowest BCUT2D eigenvalue weighted by Gasteiger charge is -2.14. The van der Waals surface area contributed by atoms with Crippen LogP contribution in [0.2, 0.25) is 5.02 Å². The van der Waals surface area contributed by atoms with Gasteiger partial charge in [-0.15, -0.1) is 0 Å². The number of hydrogen-bond donors (Lipinski definition) is 2. The molecule has 1 amide bonds. The monoisotopic (exact) mass is 382 g/mol. The summed E-state index contributed by atoms with van der Waals surface area (Å²) in [6.45, 7) is 1.86. The number of rotatable bonds is 4. The zero-order valence-electron chi connectivity index (χ0n) is 9.17. The number of amides is 1. The summed E-state index contributed by atoms with van der Waals surface area (Å²) < 4.78 is 1.01. The topological polar surface area (TPSA) is 55.1 Å². The Balaban J connectivity index is 2.84. The average Bonchev–Trinajstić information content (AvgIpc) is 2.22. The van der Waals surface area contributed by atoms with Crippen molar-refractivity contribution in [3.63, 3.8) is 0 Å². The number of nitrogens with two attached hydrogens (primary N) is 1. The minimum Gasteiger partial charge on any atom is -0.393 e. The third-order valence-corrected chi connectivity index (χ3v) is 3.53. The first-order valence-corrected chi connectivity index (χ1v) is 6.87. The second kappa shape index (κ2) is 6.51. The number of carbonyl (C=O) groups excluding carboxylic acids is 1. The zero-order valence-corrected chi connectivity index (χ0v) is 12.9. The number of anilines is 1. The third kappa shape index (κ3) is 4.08. The van der Waals surface area contributed by atoms with E-state index in [1.54, 1.807) is 12.1 Å². The van der Waals surface area contributed by atoms with E-state index in [0.29, 0.717) is 17.1 Å². The fraction of sp³-hybridized carbons (Fsp3) is 0.273. The van der Waals surface area contributed by atoms with E-state index in [2.05, 4.69) is 27.9 Å². The molecule has 92 valence electrons. The molecule has 0 saturated heterocycles. The normalized spacial score (nSPS) is 11.9. The molecule has 1 atom stereocenters. The van der Waals surface area contributed by atoms with Gasteiger partial charge in [0, 0.05) is 3.57 Å². The van der Waals surface area contributed by atoms with Crippen molar-refractivity contribution in [2.45, 2.75) is 13.3 Å². The first-order chi connectivity index (χ1) is 7.95. The van der Waals surface area contributed by atoms with Crippen molar-refractivity contribution < 1.29 is 4.79 Å². The predicted molar refractivity (Wildman–Crippen MR) is 83.4 cm³/mol. The molecule has 0 aliphatic carbocycles. The van der Waals surface area contributed by atoms with Gasteiger partial charge in [-0.2, -0.15) is 0 Å². The zero-order chi connectivity index (χ0) is 13.0. The molecule has 0 aliphatic rings. The molecule has 0 heterocycles. The highest BCUT2D eigenvalue weighted by Gasteiger charge is 2.19. The molecule has 0 spiro atoms. The summed E-state index contributed by atoms with van der Waals surface area (Å²) in [5.41, 5.74) is 6.08. The largest absolute Gasteiger partial charge is 0.393 e. The van der Waals surface area contributed by atoms with Crippen molar-refractivity contribution in [1.82, 2.24) is 0 Å². The molecular weight excluding hydrogens is 371 g/mol. The summed E-state index contributed by atoms with van der Waals surface area (Å²) in [6, 6.07) is 5.40. The molecule has 1 aromatic carbocycles. The Bertz CT molecular complexity index is 453. The van der Waals surface area contributed by atoms with Gasteiger partial charge < -0.3 is 11.1 Å². The van der Waals surface area contributed by atoms with Crippen molar-refractivity contribution in [3.05, 3.63) is 26.8 Å². The lowest BCUT2D eigenvalue weighted by molar-refractivity contribution is -0.118. The summed E-state index contributed by atoms with van der Waals surface area (Å²) in [5, 5.41) is 3.23. The fourth-order valence-corrected chi connectivity index (χ4v) is 2.50. The number of nitrogens with one attached hydrogen (secondary N) is 1. The van der Waals surface area contributed by atoms with Gasteiger partial charge in [0.2, 0.25) is 5.91 Å². The minimum atomic E-state index is -0.458. The Kier molecular flexibility index (Phi) is 5.61. The molecule has 1 unspecified atom stereocenters. The summed E-state index contributed by atoms with van der Waals surface area (Å²) in [4.78, 5) is 12.1. The number of benzene rings is 1. The summed E-state index contributed by atoms with van der Waals surface area (Å²) >= 11 is 13.0. The molecule has 17 heavy (non-hydrogen) atoms. The lowest BCUT2D eigenvalue weighted by atomic mass is 10.1. The molecule has 3 nitrogen and oxygen atoms in total. The van der Waals surface area contributed by atoms with Crippen LogP contribution in [0.5, 0.6) is 0 Å². The van der Waals surface area contributed by atoms with Gasteiger partial charge in [0.05, 0.1) is 21.6 Å². The predicted octanol–water partition coefficient (Wildman–Crippen LogP) is 3.20.